The summed E-state index contributed by atoms with van der Waals surface area (Å²) in [5, 5.41) is 2.99. The molecule has 0 saturated carbocycles. The molecule has 0 atom stereocenters. The molecule has 0 unspecified atom stereocenters. The lowest BCUT2D eigenvalue weighted by molar-refractivity contribution is -0.142. The highest BCUT2D eigenvalue weighted by atomic mass is 16.5. The zero-order chi connectivity index (χ0) is 12.0. The van der Waals surface area contributed by atoms with Crippen LogP contribution in [0.15, 0.2) is 24.2 Å². The maximum atomic E-state index is 10.6. The average molecular weight is 221 g/mol. The van der Waals surface area contributed by atoms with E-state index in [0.717, 1.165) is 5.57 Å². The lowest BCUT2D eigenvalue weighted by atomic mass is 10.4. The number of nitrogens with one attached hydrogen (secondary N) is 1. The Bertz CT molecular complexity index is 381. The fraction of sp³-hybridized carbons (Fsp3) is 0.364. The molecule has 1 aromatic rings. The Balaban J connectivity index is 2.54. The smallest absolute Gasteiger partial charge is 0.303 e. The molecule has 0 spiro atoms. The molecule has 0 aliphatic rings. The van der Waals surface area contributed by atoms with Crippen LogP contribution < -0.4 is 5.32 Å². The van der Waals surface area contributed by atoms with E-state index in [1.165, 1.54) is 6.92 Å². The molecule has 0 fully saturated rings. The van der Waals surface area contributed by atoms with E-state index in [2.05, 4.69) is 15.3 Å². The van der Waals surface area contributed by atoms with E-state index in [4.69, 9.17) is 4.74 Å². The van der Waals surface area contributed by atoms with E-state index in [1.807, 2.05) is 20.0 Å². The zero-order valence-corrected chi connectivity index (χ0v) is 9.65. The van der Waals surface area contributed by atoms with Gasteiger partial charge in [0.25, 0.3) is 0 Å². The Kier molecular flexibility index (Phi) is 4.44. The lowest BCUT2D eigenvalue weighted by Gasteiger charge is -2.03. The molecule has 0 aromatic carbocycles. The van der Waals surface area contributed by atoms with Gasteiger partial charge < -0.3 is 10.1 Å². The highest BCUT2D eigenvalue weighted by Crippen LogP contribution is 2.03. The van der Waals surface area contributed by atoms with Gasteiger partial charge in [-0.1, -0.05) is 5.57 Å². The highest BCUT2D eigenvalue weighted by Gasteiger charge is 1.98. The van der Waals surface area contributed by atoms with Gasteiger partial charge in [0.05, 0.1) is 18.1 Å². The summed E-state index contributed by atoms with van der Waals surface area (Å²) >= 11 is 0. The molecule has 5 nitrogen and oxygen atoms in total. The normalized spacial score (nSPS) is 9.44. The van der Waals surface area contributed by atoms with Gasteiger partial charge in [0, 0.05) is 13.1 Å². The molecule has 1 aromatic heterocycles. The third kappa shape index (κ3) is 4.54. The summed E-state index contributed by atoms with van der Waals surface area (Å²) in [6.07, 6.45) is 5.01. The standard InChI is InChI=1S/C11H15N3O2/c1-8(2)4-13-11-6-12-10(5-14-11)7-16-9(3)15/h4-6H,7H2,1-3H3,(H,13,14). The third-order valence-electron chi connectivity index (χ3n) is 1.64. The molecule has 0 radical (unpaired) electrons. The summed E-state index contributed by atoms with van der Waals surface area (Å²) in [4.78, 5) is 18.8. The highest BCUT2D eigenvalue weighted by molar-refractivity contribution is 5.65. The molecular weight excluding hydrogens is 206 g/mol. The second-order valence-corrected chi connectivity index (χ2v) is 3.54. The minimum Gasteiger partial charge on any atom is -0.459 e. The Morgan fingerprint density at radius 1 is 1.38 bits per heavy atom. The van der Waals surface area contributed by atoms with Gasteiger partial charge >= 0.3 is 5.97 Å². The Hall–Kier alpha value is -1.91. The van der Waals surface area contributed by atoms with E-state index >= 15 is 0 Å². The lowest BCUT2D eigenvalue weighted by Crippen LogP contribution is -2.02. The number of rotatable bonds is 4. The number of anilines is 1. The van der Waals surface area contributed by atoms with Gasteiger partial charge in [-0.05, 0) is 13.8 Å². The van der Waals surface area contributed by atoms with Gasteiger partial charge in [0.15, 0.2) is 0 Å². The summed E-state index contributed by atoms with van der Waals surface area (Å²) in [7, 11) is 0. The van der Waals surface area contributed by atoms with Crippen LogP contribution in [0, 0.1) is 0 Å². The average Bonchev–Trinajstić information content (AvgIpc) is 2.25. The summed E-state index contributed by atoms with van der Waals surface area (Å²) in [6, 6.07) is 0. The van der Waals surface area contributed by atoms with Crippen LogP contribution in [0.2, 0.25) is 0 Å². The second kappa shape index (κ2) is 5.85. The molecule has 16 heavy (non-hydrogen) atoms. The van der Waals surface area contributed by atoms with E-state index in [-0.39, 0.29) is 12.6 Å². The molecule has 0 saturated heterocycles. The van der Waals surface area contributed by atoms with E-state index in [9.17, 15) is 4.79 Å². The number of esters is 1. The maximum Gasteiger partial charge on any atom is 0.303 e. The molecule has 86 valence electrons. The molecule has 0 amide bonds. The van der Waals surface area contributed by atoms with Gasteiger partial charge in [-0.2, -0.15) is 0 Å². The van der Waals surface area contributed by atoms with E-state index in [1.54, 1.807) is 12.4 Å². The number of ether oxygens (including phenoxy) is 1. The monoisotopic (exact) mass is 221 g/mol. The molecule has 1 heterocycles. The van der Waals surface area contributed by atoms with Gasteiger partial charge in [-0.25, -0.2) is 4.98 Å². The third-order valence-corrected chi connectivity index (χ3v) is 1.64. The van der Waals surface area contributed by atoms with Crippen molar-refractivity contribution in [1.82, 2.24) is 9.97 Å². The molecule has 1 N–H and O–H groups in total. The van der Waals surface area contributed by atoms with Crippen molar-refractivity contribution in [2.75, 3.05) is 5.32 Å². The van der Waals surface area contributed by atoms with Crippen molar-refractivity contribution in [3.63, 3.8) is 0 Å². The van der Waals surface area contributed by atoms with Gasteiger partial charge in [-0.3, -0.25) is 9.78 Å². The van der Waals surface area contributed by atoms with Gasteiger partial charge in [0.1, 0.15) is 12.4 Å². The number of carbonyl (C=O) groups is 1. The Labute approximate surface area is 94.6 Å². The first-order chi connectivity index (χ1) is 7.58. The van der Waals surface area contributed by atoms with Crippen LogP contribution in [0.3, 0.4) is 0 Å². The Morgan fingerprint density at radius 3 is 2.62 bits per heavy atom. The predicted octanol–water partition coefficient (Wildman–Crippen LogP) is 1.88. The SMILES string of the molecule is CC(=O)OCc1cnc(NC=C(C)C)cn1. The van der Waals surface area contributed by atoms with Crippen molar-refractivity contribution >= 4 is 11.8 Å². The number of hydrogen-bond donors (Lipinski definition) is 1. The molecular formula is C11H15N3O2. The summed E-state index contributed by atoms with van der Waals surface area (Å²) < 4.78 is 4.79. The number of allylic oxidation sites excluding steroid dienone is 1. The van der Waals surface area contributed by atoms with E-state index < -0.39 is 0 Å². The molecule has 0 aliphatic heterocycles. The molecule has 0 aliphatic carbocycles. The fourth-order valence-corrected chi connectivity index (χ4v) is 0.898. The van der Waals surface area contributed by atoms with Crippen molar-refractivity contribution in [2.24, 2.45) is 0 Å². The summed E-state index contributed by atoms with van der Waals surface area (Å²) in [5.74, 6) is 0.335. The number of aromatic nitrogens is 2. The summed E-state index contributed by atoms with van der Waals surface area (Å²) in [6.45, 7) is 5.48. The van der Waals surface area contributed by atoms with Crippen molar-refractivity contribution in [2.45, 2.75) is 27.4 Å². The minimum atomic E-state index is -0.325. The largest absolute Gasteiger partial charge is 0.459 e. The van der Waals surface area contributed by atoms with Crippen molar-refractivity contribution < 1.29 is 9.53 Å². The molecule has 5 heteroatoms. The van der Waals surface area contributed by atoms with Crippen molar-refractivity contribution in [3.8, 4) is 0 Å². The van der Waals surface area contributed by atoms with Crippen LogP contribution in [-0.4, -0.2) is 15.9 Å². The van der Waals surface area contributed by atoms with Crippen LogP contribution >= 0.6 is 0 Å². The predicted molar refractivity (Wildman–Crippen MR) is 60.6 cm³/mol. The number of nitrogens with zero attached hydrogens (tertiary/aromatic N) is 2. The van der Waals surface area contributed by atoms with Crippen LogP contribution in [0.25, 0.3) is 0 Å². The molecule has 0 bridgehead atoms. The Morgan fingerprint density at radius 2 is 2.12 bits per heavy atom. The van der Waals surface area contributed by atoms with E-state index in [0.29, 0.717) is 11.5 Å². The van der Waals surface area contributed by atoms with Crippen molar-refractivity contribution in [3.05, 3.63) is 29.9 Å². The van der Waals surface area contributed by atoms with Crippen LogP contribution in [0.5, 0.6) is 0 Å². The van der Waals surface area contributed by atoms with Crippen molar-refractivity contribution in [1.29, 1.82) is 0 Å². The summed E-state index contributed by atoms with van der Waals surface area (Å²) in [5.41, 5.74) is 1.77. The minimum absolute atomic E-state index is 0.158. The number of carbonyl (C=O) groups excluding carboxylic acids is 1. The topological polar surface area (TPSA) is 64.1 Å². The quantitative estimate of drug-likeness (QED) is 0.786. The second-order valence-electron chi connectivity index (χ2n) is 3.54. The van der Waals surface area contributed by atoms with Gasteiger partial charge in [-0.15, -0.1) is 0 Å². The molecule has 1 rings (SSSR count). The first-order valence-corrected chi connectivity index (χ1v) is 4.92. The zero-order valence-electron chi connectivity index (χ0n) is 9.65. The van der Waals surface area contributed by atoms with Gasteiger partial charge in [0.2, 0.25) is 0 Å². The maximum absolute atomic E-state index is 10.6. The van der Waals surface area contributed by atoms with Crippen LogP contribution in [-0.2, 0) is 16.1 Å². The van der Waals surface area contributed by atoms with Crippen LogP contribution in [0.1, 0.15) is 26.5 Å². The fourth-order valence-electron chi connectivity index (χ4n) is 0.898. The first-order valence-electron chi connectivity index (χ1n) is 4.92. The van der Waals surface area contributed by atoms with Crippen LogP contribution in [0.4, 0.5) is 5.82 Å². The first kappa shape index (κ1) is 12.2. The number of hydrogen-bond acceptors (Lipinski definition) is 5.